The summed E-state index contributed by atoms with van der Waals surface area (Å²) < 4.78 is 40.5. The molecule has 1 aromatic rings. The first-order valence-corrected chi connectivity index (χ1v) is 13.6. The summed E-state index contributed by atoms with van der Waals surface area (Å²) in [6.07, 6.45) is 8.75. The van der Waals surface area contributed by atoms with E-state index >= 15 is 0 Å². The average molecular weight is 554 g/mol. The summed E-state index contributed by atoms with van der Waals surface area (Å²) in [5.74, 6) is 0.381. The highest BCUT2D eigenvalue weighted by molar-refractivity contribution is 5.56. The third kappa shape index (κ3) is 12.5. The molecule has 0 saturated heterocycles. The van der Waals surface area contributed by atoms with Crippen molar-refractivity contribution in [3.63, 3.8) is 0 Å². The highest BCUT2D eigenvalue weighted by Crippen LogP contribution is 2.28. The molecule has 0 aliphatic carbocycles. The monoisotopic (exact) mass is 553 g/mol. The lowest BCUT2D eigenvalue weighted by atomic mass is 9.86. The Morgan fingerprint density at radius 1 is 1.15 bits per heavy atom. The third-order valence-electron chi connectivity index (χ3n) is 6.45. The van der Waals surface area contributed by atoms with Gasteiger partial charge in [-0.25, -0.2) is 0 Å². The van der Waals surface area contributed by atoms with Crippen LogP contribution in [-0.4, -0.2) is 37.6 Å². The van der Waals surface area contributed by atoms with Crippen molar-refractivity contribution in [2.45, 2.75) is 53.6 Å². The zero-order chi connectivity index (χ0) is 30.3. The van der Waals surface area contributed by atoms with Crippen molar-refractivity contribution in [3.05, 3.63) is 114 Å². The maximum atomic E-state index is 13.5. The van der Waals surface area contributed by atoms with Crippen LogP contribution >= 0.6 is 0 Å². The highest BCUT2D eigenvalue weighted by atomic mass is 19.4. The summed E-state index contributed by atoms with van der Waals surface area (Å²) in [6.45, 7) is 22.6. The Balaban J connectivity index is 3.24. The molecule has 40 heavy (non-hydrogen) atoms. The number of rotatable bonds is 16. The maximum Gasteiger partial charge on any atom is 0.416 e. The van der Waals surface area contributed by atoms with Crippen molar-refractivity contribution in [3.8, 4) is 0 Å². The molecule has 0 bridgehead atoms. The van der Waals surface area contributed by atoms with Gasteiger partial charge in [0, 0.05) is 31.5 Å². The van der Waals surface area contributed by atoms with Crippen LogP contribution < -0.4 is 5.32 Å². The molecule has 0 spiro atoms. The molecule has 3 nitrogen and oxygen atoms in total. The van der Waals surface area contributed by atoms with Gasteiger partial charge in [-0.1, -0.05) is 74.2 Å². The third-order valence-corrected chi connectivity index (χ3v) is 6.45. The Hall–Kier alpha value is -3.54. The summed E-state index contributed by atoms with van der Waals surface area (Å²) in [5, 5.41) is 3.10. The second-order valence-electron chi connectivity index (χ2n) is 10.2. The quantitative estimate of drug-likeness (QED) is 0.0957. The molecular formula is C34H46F3N3. The van der Waals surface area contributed by atoms with Crippen molar-refractivity contribution in [2.24, 2.45) is 16.8 Å². The Bertz CT molecular complexity index is 1150. The van der Waals surface area contributed by atoms with Gasteiger partial charge in [0.1, 0.15) is 0 Å². The van der Waals surface area contributed by atoms with E-state index in [-0.39, 0.29) is 17.5 Å². The lowest BCUT2D eigenvalue weighted by Gasteiger charge is -2.21. The molecule has 218 valence electrons. The maximum absolute atomic E-state index is 13.5. The van der Waals surface area contributed by atoms with E-state index in [0.717, 1.165) is 30.6 Å². The summed E-state index contributed by atoms with van der Waals surface area (Å²) >= 11 is 0. The number of benzene rings is 1. The lowest BCUT2D eigenvalue weighted by Crippen LogP contribution is -2.20. The highest BCUT2D eigenvalue weighted by Gasteiger charge is 2.31. The molecule has 1 aromatic carbocycles. The van der Waals surface area contributed by atoms with E-state index in [2.05, 4.69) is 81.2 Å². The summed E-state index contributed by atoms with van der Waals surface area (Å²) in [7, 11) is 1.81. The van der Waals surface area contributed by atoms with Crippen LogP contribution in [0.15, 0.2) is 107 Å². The van der Waals surface area contributed by atoms with Gasteiger partial charge < -0.3 is 10.2 Å². The number of hydrogen-bond donors (Lipinski definition) is 1. The van der Waals surface area contributed by atoms with Crippen LogP contribution in [0.4, 0.5) is 13.2 Å². The summed E-state index contributed by atoms with van der Waals surface area (Å²) in [6, 6.07) is 8.39. The Morgan fingerprint density at radius 2 is 1.82 bits per heavy atom. The molecule has 0 aliphatic rings. The van der Waals surface area contributed by atoms with Crippen LogP contribution in [0.25, 0.3) is 6.08 Å². The first kappa shape index (κ1) is 34.5. The fraction of sp³-hybridized carbons (Fsp3) is 0.382. The number of aliphatic imine (C=N–C) groups is 1. The second kappa shape index (κ2) is 17.2. The molecule has 0 fully saturated rings. The minimum absolute atomic E-state index is 0.175. The molecule has 0 aliphatic heterocycles. The molecule has 1 rings (SSSR count). The van der Waals surface area contributed by atoms with Gasteiger partial charge in [0.05, 0.1) is 11.9 Å². The predicted molar refractivity (Wildman–Crippen MR) is 167 cm³/mol. The van der Waals surface area contributed by atoms with Crippen molar-refractivity contribution >= 4 is 12.4 Å². The molecule has 2 atom stereocenters. The number of hydrogen-bond acceptors (Lipinski definition) is 2. The number of nitrogens with one attached hydrogen (secondary N) is 1. The molecule has 0 amide bonds. The van der Waals surface area contributed by atoms with E-state index in [4.69, 9.17) is 0 Å². The van der Waals surface area contributed by atoms with E-state index in [1.807, 2.05) is 33.0 Å². The molecule has 1 N–H and O–H groups in total. The zero-order valence-corrected chi connectivity index (χ0v) is 25.0. The van der Waals surface area contributed by atoms with Crippen LogP contribution in [0, 0.1) is 11.8 Å². The minimum atomic E-state index is -4.52. The zero-order valence-electron chi connectivity index (χ0n) is 25.0. The lowest BCUT2D eigenvalue weighted by molar-refractivity contribution is -0.0882. The molecular weight excluding hydrogens is 507 g/mol. The molecule has 0 aromatic heterocycles. The van der Waals surface area contributed by atoms with Gasteiger partial charge >= 0.3 is 6.18 Å². The molecule has 0 saturated carbocycles. The number of nitrogens with zero attached hydrogens (tertiary/aromatic N) is 2. The van der Waals surface area contributed by atoms with E-state index in [1.54, 1.807) is 17.3 Å². The van der Waals surface area contributed by atoms with Crippen molar-refractivity contribution in [2.75, 3.05) is 20.1 Å². The minimum Gasteiger partial charge on any atom is -0.362 e. The van der Waals surface area contributed by atoms with Crippen molar-refractivity contribution in [1.82, 2.24) is 10.2 Å². The predicted octanol–water partition coefficient (Wildman–Crippen LogP) is 9.07. The van der Waals surface area contributed by atoms with E-state index in [9.17, 15) is 13.2 Å². The fourth-order valence-corrected chi connectivity index (χ4v) is 3.98. The molecule has 0 heterocycles. The Morgan fingerprint density at radius 3 is 2.40 bits per heavy atom. The Labute approximate surface area is 240 Å². The van der Waals surface area contributed by atoms with Crippen LogP contribution in [0.2, 0.25) is 0 Å². The number of allylic oxidation sites excluding steroid dienone is 7. The first-order chi connectivity index (χ1) is 18.8. The van der Waals surface area contributed by atoms with Gasteiger partial charge in [-0.2, -0.15) is 13.2 Å². The van der Waals surface area contributed by atoms with Gasteiger partial charge in [-0.05, 0) is 81.2 Å². The van der Waals surface area contributed by atoms with Gasteiger partial charge in [0.25, 0.3) is 0 Å². The average Bonchev–Trinajstić information content (AvgIpc) is 2.90. The smallest absolute Gasteiger partial charge is 0.362 e. The van der Waals surface area contributed by atoms with Crippen LogP contribution in [0.5, 0.6) is 0 Å². The molecule has 0 radical (unpaired) electrons. The SMILES string of the molecule is C=C/C(=C\C(=C/CN(C)C=NCC)NC(=C)/C(C)=C/C(CCc1ccccc1C=C(C)C)[C@H](C)C=C)C(F)(F)F. The van der Waals surface area contributed by atoms with Crippen LogP contribution in [0.1, 0.15) is 52.2 Å². The van der Waals surface area contributed by atoms with Gasteiger partial charge in [-0.3, -0.25) is 4.99 Å². The normalized spacial score (nSPS) is 14.5. The van der Waals surface area contributed by atoms with E-state index in [0.29, 0.717) is 18.8 Å². The van der Waals surface area contributed by atoms with E-state index in [1.165, 1.54) is 16.7 Å². The van der Waals surface area contributed by atoms with Crippen LogP contribution in [-0.2, 0) is 6.42 Å². The largest absolute Gasteiger partial charge is 0.416 e. The Kier molecular flexibility index (Phi) is 14.8. The number of halogens is 3. The number of aryl methyl sites for hydroxylation is 1. The van der Waals surface area contributed by atoms with Gasteiger partial charge in [0.15, 0.2) is 0 Å². The fourth-order valence-electron chi connectivity index (χ4n) is 3.98. The topological polar surface area (TPSA) is 27.6 Å². The summed E-state index contributed by atoms with van der Waals surface area (Å²) in [5.41, 5.74) is 4.59. The van der Waals surface area contributed by atoms with Crippen molar-refractivity contribution < 1.29 is 13.2 Å². The van der Waals surface area contributed by atoms with Gasteiger partial charge in [0.2, 0.25) is 0 Å². The van der Waals surface area contributed by atoms with Gasteiger partial charge in [-0.15, -0.1) is 6.58 Å². The standard InChI is InChI=1S/C34H46F3N3/c1-10-26(6)30(18-17-29-15-13-14-16-31(29)21-25(4)5)22-27(7)28(8)39-33(19-20-40(9)24-38-12-3)23-32(11-2)34(35,36)37/h10-11,13-16,19,21-24,26,30,39H,1-2,8,12,17-18,20H2,3-7,9H3/b27-22+,32-23+,33-19+,38-24?/t26-,30?/m1/s1. The summed E-state index contributed by atoms with van der Waals surface area (Å²) in [4.78, 5) is 5.96. The van der Waals surface area contributed by atoms with Crippen molar-refractivity contribution in [1.29, 1.82) is 0 Å². The first-order valence-electron chi connectivity index (χ1n) is 13.6. The second-order valence-corrected chi connectivity index (χ2v) is 10.2. The van der Waals surface area contributed by atoms with Crippen LogP contribution in [0.3, 0.4) is 0 Å². The molecule has 1 unspecified atom stereocenters. The number of likely N-dealkylation sites (N-methyl/N-ethyl adjacent to an activating group) is 1. The number of alkyl halides is 3. The van der Waals surface area contributed by atoms with E-state index < -0.39 is 11.7 Å². The molecule has 6 heteroatoms.